The van der Waals surface area contributed by atoms with Crippen LogP contribution < -0.4 is 4.74 Å². The van der Waals surface area contributed by atoms with E-state index >= 15 is 0 Å². The van der Waals surface area contributed by atoms with Crippen LogP contribution in [0.25, 0.3) is 0 Å². The summed E-state index contributed by atoms with van der Waals surface area (Å²) in [6.07, 6.45) is 2.16. The molecule has 0 spiro atoms. The zero-order valence-electron chi connectivity index (χ0n) is 9.90. The van der Waals surface area contributed by atoms with Gasteiger partial charge in [0.15, 0.2) is 5.75 Å². The summed E-state index contributed by atoms with van der Waals surface area (Å²) in [6, 6.07) is 0. The minimum atomic E-state index is -0.301. The van der Waals surface area contributed by atoms with Gasteiger partial charge in [-0.15, -0.1) is 0 Å². The molecular weight excluding hydrogens is 192 g/mol. The van der Waals surface area contributed by atoms with E-state index in [1.807, 2.05) is 11.6 Å². The van der Waals surface area contributed by atoms with E-state index in [0.717, 1.165) is 24.4 Å². The Bertz CT molecular complexity index is 286. The van der Waals surface area contributed by atoms with Crippen LogP contribution in [0.2, 0.25) is 0 Å². The quantitative estimate of drug-likeness (QED) is 0.809. The number of aryl methyl sites for hydroxylation is 1. The molecule has 1 aromatic heterocycles. The van der Waals surface area contributed by atoms with Crippen LogP contribution in [0, 0.1) is 0 Å². The monoisotopic (exact) mass is 212 g/mol. The summed E-state index contributed by atoms with van der Waals surface area (Å²) in [5.41, 5.74) is 1.07. The molecule has 2 atom stereocenters. The molecule has 0 aromatic carbocycles. The molecule has 0 aliphatic heterocycles. The zero-order valence-corrected chi connectivity index (χ0v) is 9.90. The fourth-order valence-corrected chi connectivity index (χ4v) is 1.91. The van der Waals surface area contributed by atoms with Crippen molar-refractivity contribution in [2.45, 2.75) is 45.8 Å². The first-order valence-electron chi connectivity index (χ1n) is 5.37. The van der Waals surface area contributed by atoms with Gasteiger partial charge >= 0.3 is 0 Å². The van der Waals surface area contributed by atoms with Gasteiger partial charge in [-0.1, -0.05) is 6.92 Å². The van der Waals surface area contributed by atoms with E-state index in [-0.39, 0.29) is 12.0 Å². The summed E-state index contributed by atoms with van der Waals surface area (Å²) in [5, 5.41) is 13.6. The van der Waals surface area contributed by atoms with E-state index in [1.165, 1.54) is 0 Å². The molecule has 0 bridgehead atoms. The average molecular weight is 212 g/mol. The van der Waals surface area contributed by atoms with E-state index in [1.54, 1.807) is 20.2 Å². The third kappa shape index (κ3) is 2.72. The lowest BCUT2D eigenvalue weighted by Gasteiger charge is -2.16. The first-order valence-corrected chi connectivity index (χ1v) is 5.37. The van der Waals surface area contributed by atoms with Crippen LogP contribution in [-0.2, 0) is 6.54 Å². The number of methoxy groups -OCH3 is 1. The Hall–Kier alpha value is -1.03. The molecule has 0 radical (unpaired) electrons. The molecule has 0 saturated carbocycles. The van der Waals surface area contributed by atoms with Crippen molar-refractivity contribution in [2.24, 2.45) is 0 Å². The molecule has 86 valence electrons. The average Bonchev–Trinajstić information content (AvgIpc) is 2.58. The van der Waals surface area contributed by atoms with Gasteiger partial charge in [0, 0.05) is 12.5 Å². The fourth-order valence-electron chi connectivity index (χ4n) is 1.91. The Morgan fingerprint density at radius 3 is 2.67 bits per heavy atom. The summed E-state index contributed by atoms with van der Waals surface area (Å²) in [5.74, 6) is 1.06. The fraction of sp³-hybridized carbons (Fsp3) is 0.727. The van der Waals surface area contributed by atoms with Crippen LogP contribution in [0.5, 0.6) is 5.75 Å². The molecule has 15 heavy (non-hydrogen) atoms. The minimum Gasteiger partial charge on any atom is -0.493 e. The number of aliphatic hydroxyl groups is 1. The van der Waals surface area contributed by atoms with Crippen molar-refractivity contribution >= 4 is 0 Å². The van der Waals surface area contributed by atoms with Crippen molar-refractivity contribution in [2.75, 3.05) is 7.11 Å². The van der Waals surface area contributed by atoms with Crippen molar-refractivity contribution < 1.29 is 9.84 Å². The number of aromatic nitrogens is 2. The maximum atomic E-state index is 9.38. The zero-order chi connectivity index (χ0) is 11.4. The second kappa shape index (κ2) is 5.16. The summed E-state index contributed by atoms with van der Waals surface area (Å²) >= 11 is 0. The molecule has 0 aliphatic rings. The van der Waals surface area contributed by atoms with Gasteiger partial charge < -0.3 is 9.84 Å². The smallest absolute Gasteiger partial charge is 0.160 e. The summed E-state index contributed by atoms with van der Waals surface area (Å²) in [7, 11) is 1.65. The number of hydrogen-bond acceptors (Lipinski definition) is 3. The lowest BCUT2D eigenvalue weighted by molar-refractivity contribution is 0.174. The van der Waals surface area contributed by atoms with Crippen LogP contribution in [0.3, 0.4) is 0 Å². The molecule has 2 unspecified atom stereocenters. The molecular formula is C11H20N2O2. The lowest BCUT2D eigenvalue weighted by atomic mass is 10.00. The van der Waals surface area contributed by atoms with E-state index in [2.05, 4.69) is 12.0 Å². The van der Waals surface area contributed by atoms with Crippen molar-refractivity contribution in [1.82, 2.24) is 9.78 Å². The van der Waals surface area contributed by atoms with Gasteiger partial charge in [-0.05, 0) is 20.3 Å². The van der Waals surface area contributed by atoms with Crippen LogP contribution in [0.1, 0.15) is 38.8 Å². The largest absolute Gasteiger partial charge is 0.493 e. The van der Waals surface area contributed by atoms with Crippen LogP contribution in [0.4, 0.5) is 0 Å². The SMILES string of the molecule is CCn1ncc(OC)c1C(C)CC(C)O. The number of rotatable bonds is 5. The normalized spacial score (nSPS) is 15.0. The van der Waals surface area contributed by atoms with Crippen molar-refractivity contribution in [3.8, 4) is 5.75 Å². The molecule has 0 aliphatic carbocycles. The minimum absolute atomic E-state index is 0.252. The summed E-state index contributed by atoms with van der Waals surface area (Å²) in [4.78, 5) is 0. The maximum Gasteiger partial charge on any atom is 0.160 e. The van der Waals surface area contributed by atoms with Gasteiger partial charge in [-0.2, -0.15) is 5.10 Å². The molecule has 4 heteroatoms. The molecule has 1 heterocycles. The van der Waals surface area contributed by atoms with E-state index < -0.39 is 0 Å². The number of ether oxygens (including phenoxy) is 1. The van der Waals surface area contributed by atoms with E-state index in [4.69, 9.17) is 4.74 Å². The third-order valence-corrected chi connectivity index (χ3v) is 2.53. The predicted molar refractivity (Wildman–Crippen MR) is 59.2 cm³/mol. The van der Waals surface area contributed by atoms with Gasteiger partial charge in [0.2, 0.25) is 0 Å². The Balaban J connectivity index is 2.93. The van der Waals surface area contributed by atoms with Gasteiger partial charge in [0.1, 0.15) is 0 Å². The second-order valence-electron chi connectivity index (χ2n) is 3.90. The molecule has 1 N–H and O–H groups in total. The van der Waals surface area contributed by atoms with Crippen molar-refractivity contribution in [3.05, 3.63) is 11.9 Å². The summed E-state index contributed by atoms with van der Waals surface area (Å²) < 4.78 is 7.19. The summed E-state index contributed by atoms with van der Waals surface area (Å²) in [6.45, 7) is 6.75. The van der Waals surface area contributed by atoms with Crippen molar-refractivity contribution in [1.29, 1.82) is 0 Å². The molecule has 0 saturated heterocycles. The van der Waals surface area contributed by atoms with Gasteiger partial charge in [-0.3, -0.25) is 4.68 Å². The molecule has 1 aromatic rings. The predicted octanol–water partition coefficient (Wildman–Crippen LogP) is 1.79. The third-order valence-electron chi connectivity index (χ3n) is 2.53. The highest BCUT2D eigenvalue weighted by atomic mass is 16.5. The highest BCUT2D eigenvalue weighted by molar-refractivity contribution is 5.28. The molecule has 1 rings (SSSR count). The Kier molecular flexibility index (Phi) is 4.15. The van der Waals surface area contributed by atoms with Gasteiger partial charge in [-0.25, -0.2) is 0 Å². The molecule has 4 nitrogen and oxygen atoms in total. The molecule has 0 fully saturated rings. The standard InChI is InChI=1S/C11H20N2O2/c1-5-13-11(8(2)6-9(3)14)10(15-4)7-12-13/h7-9,14H,5-6H2,1-4H3. The van der Waals surface area contributed by atoms with Crippen molar-refractivity contribution in [3.63, 3.8) is 0 Å². The lowest BCUT2D eigenvalue weighted by Crippen LogP contribution is -2.12. The first-order chi connectivity index (χ1) is 7.10. The first kappa shape index (κ1) is 12.0. The number of hydrogen-bond donors (Lipinski definition) is 1. The van der Waals surface area contributed by atoms with Crippen LogP contribution in [-0.4, -0.2) is 28.1 Å². The Morgan fingerprint density at radius 1 is 1.53 bits per heavy atom. The number of nitrogens with zero attached hydrogens (tertiary/aromatic N) is 2. The second-order valence-corrected chi connectivity index (χ2v) is 3.90. The van der Waals surface area contributed by atoms with Crippen LogP contribution in [0.15, 0.2) is 6.20 Å². The van der Waals surface area contributed by atoms with E-state index in [9.17, 15) is 5.11 Å². The van der Waals surface area contributed by atoms with Gasteiger partial charge in [0.25, 0.3) is 0 Å². The maximum absolute atomic E-state index is 9.38. The topological polar surface area (TPSA) is 47.3 Å². The number of aliphatic hydroxyl groups excluding tert-OH is 1. The van der Waals surface area contributed by atoms with E-state index in [0.29, 0.717) is 0 Å². The Labute approximate surface area is 90.9 Å². The highest BCUT2D eigenvalue weighted by Crippen LogP contribution is 2.29. The molecule has 0 amide bonds. The highest BCUT2D eigenvalue weighted by Gasteiger charge is 2.18. The van der Waals surface area contributed by atoms with Gasteiger partial charge in [0.05, 0.1) is 25.1 Å². The Morgan fingerprint density at radius 2 is 2.20 bits per heavy atom. The van der Waals surface area contributed by atoms with Crippen LogP contribution >= 0.6 is 0 Å².